The summed E-state index contributed by atoms with van der Waals surface area (Å²) in [7, 11) is 0. The minimum atomic E-state index is 0.611. The van der Waals surface area contributed by atoms with Gasteiger partial charge in [-0.05, 0) is 49.7 Å². The molecule has 1 saturated heterocycles. The fraction of sp³-hybridized carbons (Fsp3) is 0.455. The molecule has 2 aromatic rings. The number of hydrogen-bond acceptors (Lipinski definition) is 4. The minimum absolute atomic E-state index is 0.611. The molecule has 0 saturated carbocycles. The van der Waals surface area contributed by atoms with Crippen molar-refractivity contribution in [3.63, 3.8) is 0 Å². The molecule has 1 N–H and O–H groups in total. The molecule has 3 rings (SSSR count). The maximum absolute atomic E-state index is 5.86. The summed E-state index contributed by atoms with van der Waals surface area (Å²) in [5.74, 6) is 0.918. The monoisotopic (exact) mass is 354 g/mol. The Labute approximate surface area is 157 Å². The van der Waals surface area contributed by atoms with Gasteiger partial charge in [0.1, 0.15) is 12.4 Å². The maximum Gasteiger partial charge on any atom is 0.119 e. The van der Waals surface area contributed by atoms with Crippen molar-refractivity contribution in [3.8, 4) is 5.75 Å². The second-order valence-corrected chi connectivity index (χ2v) is 6.90. The molecule has 0 bridgehead atoms. The Hall–Kier alpha value is -1.88. The molecule has 140 valence electrons. The SMILES string of the molecule is Cc1ccc(COc2ccc(CNCCCN3CCOCC3)cc2)cc1. The van der Waals surface area contributed by atoms with Crippen LogP contribution in [0.2, 0.25) is 0 Å². The highest BCUT2D eigenvalue weighted by Crippen LogP contribution is 2.14. The van der Waals surface area contributed by atoms with Crippen LogP contribution < -0.4 is 10.1 Å². The van der Waals surface area contributed by atoms with E-state index in [9.17, 15) is 0 Å². The summed E-state index contributed by atoms with van der Waals surface area (Å²) in [4.78, 5) is 2.48. The van der Waals surface area contributed by atoms with Crippen LogP contribution in [0.4, 0.5) is 0 Å². The summed E-state index contributed by atoms with van der Waals surface area (Å²) in [5.41, 5.74) is 3.76. The zero-order valence-corrected chi connectivity index (χ0v) is 15.7. The molecule has 4 heteroatoms. The van der Waals surface area contributed by atoms with Crippen molar-refractivity contribution in [2.75, 3.05) is 39.4 Å². The molecular weight excluding hydrogens is 324 g/mol. The summed E-state index contributed by atoms with van der Waals surface area (Å²) in [6.07, 6.45) is 1.18. The van der Waals surface area contributed by atoms with Crippen LogP contribution in [0.25, 0.3) is 0 Å². The van der Waals surface area contributed by atoms with Gasteiger partial charge in [0.15, 0.2) is 0 Å². The van der Waals surface area contributed by atoms with E-state index in [4.69, 9.17) is 9.47 Å². The second kappa shape index (κ2) is 10.3. The van der Waals surface area contributed by atoms with E-state index >= 15 is 0 Å². The Morgan fingerprint density at radius 2 is 1.65 bits per heavy atom. The van der Waals surface area contributed by atoms with Crippen LogP contribution >= 0.6 is 0 Å². The smallest absolute Gasteiger partial charge is 0.119 e. The lowest BCUT2D eigenvalue weighted by Gasteiger charge is -2.26. The lowest BCUT2D eigenvalue weighted by atomic mass is 10.2. The van der Waals surface area contributed by atoms with Crippen molar-refractivity contribution >= 4 is 0 Å². The molecule has 0 spiro atoms. The third kappa shape index (κ3) is 6.45. The van der Waals surface area contributed by atoms with E-state index in [2.05, 4.69) is 65.7 Å². The van der Waals surface area contributed by atoms with E-state index in [1.165, 1.54) is 23.1 Å². The number of nitrogens with one attached hydrogen (secondary N) is 1. The normalized spacial score (nSPS) is 15.1. The number of morpholine rings is 1. The van der Waals surface area contributed by atoms with Crippen molar-refractivity contribution < 1.29 is 9.47 Å². The zero-order chi connectivity index (χ0) is 18.0. The Balaban J connectivity index is 1.31. The van der Waals surface area contributed by atoms with E-state index in [-0.39, 0.29) is 0 Å². The summed E-state index contributed by atoms with van der Waals surface area (Å²) < 4.78 is 11.2. The average Bonchev–Trinajstić information content (AvgIpc) is 2.69. The van der Waals surface area contributed by atoms with Gasteiger partial charge in [-0.3, -0.25) is 4.90 Å². The van der Waals surface area contributed by atoms with Crippen LogP contribution in [-0.2, 0) is 17.9 Å². The van der Waals surface area contributed by atoms with Crippen LogP contribution in [0.5, 0.6) is 5.75 Å². The molecule has 0 unspecified atom stereocenters. The molecule has 1 aliphatic heterocycles. The Morgan fingerprint density at radius 1 is 0.962 bits per heavy atom. The zero-order valence-electron chi connectivity index (χ0n) is 15.7. The van der Waals surface area contributed by atoms with Crippen LogP contribution in [-0.4, -0.2) is 44.3 Å². The van der Waals surface area contributed by atoms with Crippen molar-refractivity contribution in [3.05, 3.63) is 65.2 Å². The van der Waals surface area contributed by atoms with Gasteiger partial charge < -0.3 is 14.8 Å². The molecule has 1 aliphatic rings. The summed E-state index contributed by atoms with van der Waals surface area (Å²) in [6.45, 7) is 9.72. The predicted octanol–water partition coefficient (Wildman–Crippen LogP) is 3.39. The quantitative estimate of drug-likeness (QED) is 0.700. The fourth-order valence-corrected chi connectivity index (χ4v) is 3.04. The molecule has 0 atom stereocenters. The largest absolute Gasteiger partial charge is 0.489 e. The van der Waals surface area contributed by atoms with Gasteiger partial charge in [-0.25, -0.2) is 0 Å². The number of benzene rings is 2. The average molecular weight is 354 g/mol. The Bertz CT molecular complexity index is 634. The number of nitrogens with zero attached hydrogens (tertiary/aromatic N) is 1. The maximum atomic E-state index is 5.86. The van der Waals surface area contributed by atoms with Crippen molar-refractivity contribution in [1.82, 2.24) is 10.2 Å². The van der Waals surface area contributed by atoms with Crippen molar-refractivity contribution in [1.29, 1.82) is 0 Å². The molecule has 0 amide bonds. The van der Waals surface area contributed by atoms with Gasteiger partial charge in [-0.1, -0.05) is 42.0 Å². The number of ether oxygens (including phenoxy) is 2. The third-order valence-electron chi connectivity index (χ3n) is 4.71. The standard InChI is InChI=1S/C22H30N2O2/c1-19-3-5-21(6-4-19)18-26-22-9-7-20(8-10-22)17-23-11-2-12-24-13-15-25-16-14-24/h3-10,23H,2,11-18H2,1H3. The fourth-order valence-electron chi connectivity index (χ4n) is 3.04. The van der Waals surface area contributed by atoms with Gasteiger partial charge in [0.2, 0.25) is 0 Å². The molecule has 0 aliphatic carbocycles. The van der Waals surface area contributed by atoms with Gasteiger partial charge >= 0.3 is 0 Å². The summed E-state index contributed by atoms with van der Waals surface area (Å²) >= 11 is 0. The Morgan fingerprint density at radius 3 is 2.38 bits per heavy atom. The van der Waals surface area contributed by atoms with Crippen molar-refractivity contribution in [2.24, 2.45) is 0 Å². The second-order valence-electron chi connectivity index (χ2n) is 6.90. The molecule has 1 heterocycles. The lowest BCUT2D eigenvalue weighted by Crippen LogP contribution is -2.37. The van der Waals surface area contributed by atoms with Gasteiger partial charge in [0, 0.05) is 19.6 Å². The van der Waals surface area contributed by atoms with Gasteiger partial charge in [-0.15, -0.1) is 0 Å². The highest BCUT2D eigenvalue weighted by Gasteiger charge is 2.08. The minimum Gasteiger partial charge on any atom is -0.489 e. The first-order chi connectivity index (χ1) is 12.8. The van der Waals surface area contributed by atoms with Crippen LogP contribution in [0, 0.1) is 6.92 Å². The Kier molecular flexibility index (Phi) is 7.50. The summed E-state index contributed by atoms with van der Waals surface area (Å²) in [5, 5.41) is 3.53. The van der Waals surface area contributed by atoms with Gasteiger partial charge in [0.05, 0.1) is 13.2 Å². The third-order valence-corrected chi connectivity index (χ3v) is 4.71. The number of hydrogen-bond donors (Lipinski definition) is 1. The first-order valence-electron chi connectivity index (χ1n) is 9.58. The first kappa shape index (κ1) is 18.9. The molecule has 1 fully saturated rings. The predicted molar refractivity (Wildman–Crippen MR) is 106 cm³/mol. The van der Waals surface area contributed by atoms with E-state index in [0.717, 1.165) is 51.7 Å². The summed E-state index contributed by atoms with van der Waals surface area (Å²) in [6, 6.07) is 16.9. The van der Waals surface area contributed by atoms with Gasteiger partial charge in [0.25, 0.3) is 0 Å². The van der Waals surface area contributed by atoms with E-state index in [1.807, 2.05) is 0 Å². The van der Waals surface area contributed by atoms with Crippen LogP contribution in [0.3, 0.4) is 0 Å². The molecule has 4 nitrogen and oxygen atoms in total. The molecule has 26 heavy (non-hydrogen) atoms. The molecule has 2 aromatic carbocycles. The van der Waals surface area contributed by atoms with Crippen molar-refractivity contribution in [2.45, 2.75) is 26.5 Å². The molecule has 0 radical (unpaired) electrons. The van der Waals surface area contributed by atoms with E-state index in [1.54, 1.807) is 0 Å². The number of rotatable bonds is 9. The van der Waals surface area contributed by atoms with Crippen LogP contribution in [0.15, 0.2) is 48.5 Å². The first-order valence-corrected chi connectivity index (χ1v) is 9.58. The molecular formula is C22H30N2O2. The molecule has 0 aromatic heterocycles. The van der Waals surface area contributed by atoms with Gasteiger partial charge in [-0.2, -0.15) is 0 Å². The lowest BCUT2D eigenvalue weighted by molar-refractivity contribution is 0.0374. The van der Waals surface area contributed by atoms with Crippen LogP contribution in [0.1, 0.15) is 23.1 Å². The highest BCUT2D eigenvalue weighted by molar-refractivity contribution is 5.28. The van der Waals surface area contributed by atoms with E-state index < -0.39 is 0 Å². The number of aryl methyl sites for hydroxylation is 1. The highest BCUT2D eigenvalue weighted by atomic mass is 16.5. The van der Waals surface area contributed by atoms with E-state index in [0.29, 0.717) is 6.61 Å². The topological polar surface area (TPSA) is 33.7 Å².